The number of nitrogen functional groups attached to an aromatic ring is 1. The number of aromatic nitrogens is 2. The number of rotatable bonds is 5. The fourth-order valence-corrected chi connectivity index (χ4v) is 2.45. The third-order valence-corrected chi connectivity index (χ3v) is 3.84. The highest BCUT2D eigenvalue weighted by Crippen LogP contribution is 2.31. The Bertz CT molecular complexity index is 644. The second-order valence-electron chi connectivity index (χ2n) is 5.37. The average Bonchev–Trinajstić information content (AvgIpc) is 2.47. The minimum atomic E-state index is -0.174. The highest BCUT2D eigenvalue weighted by Gasteiger charge is 2.27. The van der Waals surface area contributed by atoms with E-state index in [2.05, 4.69) is 15.3 Å². The molecule has 7 heteroatoms. The van der Waals surface area contributed by atoms with Gasteiger partial charge in [0.15, 0.2) is 11.6 Å². The maximum atomic E-state index is 9.32. The summed E-state index contributed by atoms with van der Waals surface area (Å²) >= 11 is 5.86. The molecule has 2 aromatic rings. The first kappa shape index (κ1) is 14.9. The van der Waals surface area contributed by atoms with E-state index in [9.17, 15) is 5.11 Å². The van der Waals surface area contributed by atoms with Gasteiger partial charge in [0.05, 0.1) is 12.3 Å². The zero-order valence-corrected chi connectivity index (χ0v) is 12.6. The van der Waals surface area contributed by atoms with E-state index in [-0.39, 0.29) is 12.1 Å². The van der Waals surface area contributed by atoms with Crippen LogP contribution in [-0.2, 0) is 0 Å². The van der Waals surface area contributed by atoms with Crippen LogP contribution in [-0.4, -0.2) is 27.7 Å². The van der Waals surface area contributed by atoms with Gasteiger partial charge in [0, 0.05) is 11.6 Å². The molecule has 3 rings (SSSR count). The van der Waals surface area contributed by atoms with Crippen molar-refractivity contribution in [1.82, 2.24) is 9.97 Å². The Hall–Kier alpha value is -2.05. The van der Waals surface area contributed by atoms with E-state index in [1.165, 1.54) is 6.20 Å². The lowest BCUT2D eigenvalue weighted by Crippen LogP contribution is -2.33. The number of benzene rings is 1. The van der Waals surface area contributed by atoms with Crippen molar-refractivity contribution in [1.29, 1.82) is 0 Å². The van der Waals surface area contributed by atoms with Crippen molar-refractivity contribution in [2.45, 2.75) is 18.9 Å². The first-order valence-corrected chi connectivity index (χ1v) is 7.46. The summed E-state index contributed by atoms with van der Waals surface area (Å²) in [6.07, 6.45) is 2.98. The number of aliphatic hydroxyl groups is 1. The normalized spacial score (nSPS) is 20.3. The molecule has 0 atom stereocenters. The molecule has 1 saturated carbocycles. The number of ether oxygens (including phenoxy) is 1. The first-order chi connectivity index (χ1) is 10.6. The summed E-state index contributed by atoms with van der Waals surface area (Å²) in [6.45, 7) is 0.713. The molecule has 0 bridgehead atoms. The van der Waals surface area contributed by atoms with Crippen LogP contribution in [0.15, 0.2) is 30.5 Å². The van der Waals surface area contributed by atoms with Crippen LogP contribution in [0.25, 0.3) is 0 Å². The lowest BCUT2D eigenvalue weighted by molar-refractivity contribution is 0.0486. The molecular formula is C15H17ClN4O2. The molecule has 0 aliphatic heterocycles. The summed E-state index contributed by atoms with van der Waals surface area (Å²) in [5, 5.41) is 13.2. The van der Waals surface area contributed by atoms with Crippen molar-refractivity contribution >= 4 is 23.4 Å². The van der Waals surface area contributed by atoms with Crippen LogP contribution >= 0.6 is 11.6 Å². The van der Waals surface area contributed by atoms with Gasteiger partial charge >= 0.3 is 0 Å². The fourth-order valence-electron chi connectivity index (χ4n) is 2.32. The molecule has 6 nitrogen and oxygen atoms in total. The zero-order valence-electron chi connectivity index (χ0n) is 11.9. The molecule has 1 aromatic carbocycles. The van der Waals surface area contributed by atoms with E-state index < -0.39 is 0 Å². The van der Waals surface area contributed by atoms with Gasteiger partial charge in [0.2, 0.25) is 5.95 Å². The van der Waals surface area contributed by atoms with E-state index in [1.54, 1.807) is 24.3 Å². The average molecular weight is 321 g/mol. The molecule has 1 aliphatic carbocycles. The van der Waals surface area contributed by atoms with Gasteiger partial charge in [-0.15, -0.1) is 0 Å². The molecule has 1 fully saturated rings. The molecule has 1 aliphatic rings. The van der Waals surface area contributed by atoms with Gasteiger partial charge in [-0.05, 0) is 43.0 Å². The van der Waals surface area contributed by atoms with E-state index in [4.69, 9.17) is 22.1 Å². The number of anilines is 2. The monoisotopic (exact) mass is 320 g/mol. The Labute approximate surface area is 133 Å². The van der Waals surface area contributed by atoms with Crippen LogP contribution in [0.4, 0.5) is 11.8 Å². The molecular weight excluding hydrogens is 304 g/mol. The van der Waals surface area contributed by atoms with E-state index in [1.807, 2.05) is 0 Å². The number of nitrogens with zero attached hydrogens (tertiary/aromatic N) is 2. The fraction of sp³-hybridized carbons (Fsp3) is 0.333. The summed E-state index contributed by atoms with van der Waals surface area (Å²) in [4.78, 5) is 8.14. The number of aliphatic hydroxyl groups excluding tert-OH is 1. The first-order valence-electron chi connectivity index (χ1n) is 7.08. The van der Waals surface area contributed by atoms with E-state index >= 15 is 0 Å². The largest absolute Gasteiger partial charge is 0.452 e. The molecule has 116 valence electrons. The summed E-state index contributed by atoms with van der Waals surface area (Å²) < 4.78 is 5.77. The van der Waals surface area contributed by atoms with E-state index in [0.717, 1.165) is 12.8 Å². The van der Waals surface area contributed by atoms with Crippen molar-refractivity contribution in [3.05, 3.63) is 35.5 Å². The van der Waals surface area contributed by atoms with Gasteiger partial charge in [-0.3, -0.25) is 0 Å². The maximum Gasteiger partial charge on any atom is 0.222 e. The molecule has 0 radical (unpaired) electrons. The third kappa shape index (κ3) is 3.58. The second-order valence-corrected chi connectivity index (χ2v) is 5.81. The molecule has 0 amide bonds. The Morgan fingerprint density at radius 2 is 2.05 bits per heavy atom. The molecule has 4 N–H and O–H groups in total. The molecule has 1 heterocycles. The molecule has 0 saturated heterocycles. The van der Waals surface area contributed by atoms with Gasteiger partial charge in [-0.1, -0.05) is 11.6 Å². The molecule has 22 heavy (non-hydrogen) atoms. The van der Waals surface area contributed by atoms with Crippen LogP contribution in [0.3, 0.4) is 0 Å². The number of hydrogen-bond acceptors (Lipinski definition) is 6. The number of nitrogens with one attached hydrogen (secondary N) is 1. The summed E-state index contributed by atoms with van der Waals surface area (Å²) in [5.74, 6) is 2.30. The predicted octanol–water partition coefficient (Wildman–Crippen LogP) is 2.69. The van der Waals surface area contributed by atoms with Crippen molar-refractivity contribution in [2.75, 3.05) is 17.6 Å². The van der Waals surface area contributed by atoms with Crippen molar-refractivity contribution in [3.63, 3.8) is 0 Å². The molecule has 1 aromatic heterocycles. The van der Waals surface area contributed by atoms with Gasteiger partial charge in [-0.2, -0.15) is 4.98 Å². The van der Waals surface area contributed by atoms with E-state index in [0.29, 0.717) is 34.8 Å². The van der Waals surface area contributed by atoms with Gasteiger partial charge in [0.25, 0.3) is 0 Å². The third-order valence-electron chi connectivity index (χ3n) is 3.58. The SMILES string of the molecule is Nc1ncc(Oc2ccc(Cl)cc2)c(NC[C@H]2C[C@H](O)C2)n1. The standard InChI is InChI=1S/C15H17ClN4O2/c16-10-1-3-12(4-2-10)22-13-8-19-15(17)20-14(13)18-7-9-5-11(21)6-9/h1-4,8-9,11,21H,5-7H2,(H3,17,18,19,20)/t9-,11-. The Morgan fingerprint density at radius 1 is 1.32 bits per heavy atom. The Morgan fingerprint density at radius 3 is 2.73 bits per heavy atom. The number of nitrogens with two attached hydrogens (primary N) is 1. The van der Waals surface area contributed by atoms with Crippen molar-refractivity contribution in [3.8, 4) is 11.5 Å². The van der Waals surface area contributed by atoms with Gasteiger partial charge in [0.1, 0.15) is 5.75 Å². The maximum absolute atomic E-state index is 9.32. The summed E-state index contributed by atoms with van der Waals surface area (Å²) in [6, 6.07) is 7.03. The van der Waals surface area contributed by atoms with Gasteiger partial charge in [-0.25, -0.2) is 4.98 Å². The molecule has 0 unspecified atom stereocenters. The summed E-state index contributed by atoms with van der Waals surface area (Å²) in [5.41, 5.74) is 5.64. The second kappa shape index (κ2) is 6.37. The zero-order chi connectivity index (χ0) is 15.5. The Balaban J connectivity index is 1.70. The van der Waals surface area contributed by atoms with Crippen molar-refractivity contribution < 1.29 is 9.84 Å². The minimum absolute atomic E-state index is 0.174. The topological polar surface area (TPSA) is 93.3 Å². The highest BCUT2D eigenvalue weighted by molar-refractivity contribution is 6.30. The van der Waals surface area contributed by atoms with Crippen LogP contribution in [0.2, 0.25) is 5.02 Å². The Kier molecular flexibility index (Phi) is 4.31. The predicted molar refractivity (Wildman–Crippen MR) is 85.2 cm³/mol. The molecule has 0 spiro atoms. The van der Waals surface area contributed by atoms with Crippen LogP contribution in [0.1, 0.15) is 12.8 Å². The minimum Gasteiger partial charge on any atom is -0.452 e. The van der Waals surface area contributed by atoms with Crippen LogP contribution in [0, 0.1) is 5.92 Å². The lowest BCUT2D eigenvalue weighted by atomic mass is 9.82. The van der Waals surface area contributed by atoms with Crippen LogP contribution in [0.5, 0.6) is 11.5 Å². The smallest absolute Gasteiger partial charge is 0.222 e. The highest BCUT2D eigenvalue weighted by atomic mass is 35.5. The van der Waals surface area contributed by atoms with Crippen molar-refractivity contribution in [2.24, 2.45) is 5.92 Å². The number of halogens is 1. The van der Waals surface area contributed by atoms with Crippen LogP contribution < -0.4 is 15.8 Å². The lowest BCUT2D eigenvalue weighted by Gasteiger charge is -2.31. The quantitative estimate of drug-likeness (QED) is 0.784. The number of hydrogen-bond donors (Lipinski definition) is 3. The summed E-state index contributed by atoms with van der Waals surface area (Å²) in [7, 11) is 0. The van der Waals surface area contributed by atoms with Gasteiger partial charge < -0.3 is 20.9 Å².